The fourth-order valence-corrected chi connectivity index (χ4v) is 3.05. The standard InChI is InChI=1S/C15H17BrN2/c1-11-10-15(18-8-6-12(16)7-9-18)13-4-2-3-5-14(13)17-11/h2-5,10,12H,6-9H2,1H3. The quantitative estimate of drug-likeness (QED) is 0.743. The molecule has 0 spiro atoms. The molecule has 2 heterocycles. The lowest BCUT2D eigenvalue weighted by Gasteiger charge is -2.32. The van der Waals surface area contributed by atoms with Gasteiger partial charge in [0.1, 0.15) is 0 Å². The summed E-state index contributed by atoms with van der Waals surface area (Å²) in [7, 11) is 0. The highest BCUT2D eigenvalue weighted by atomic mass is 79.9. The smallest absolute Gasteiger partial charge is 0.0726 e. The monoisotopic (exact) mass is 304 g/mol. The van der Waals surface area contributed by atoms with Crippen molar-refractivity contribution in [2.24, 2.45) is 0 Å². The van der Waals surface area contributed by atoms with E-state index in [1.807, 2.05) is 0 Å². The van der Waals surface area contributed by atoms with Crippen LogP contribution in [0.3, 0.4) is 0 Å². The SMILES string of the molecule is Cc1cc(N2CCC(Br)CC2)c2ccccc2n1. The molecular formula is C15H17BrN2. The maximum absolute atomic E-state index is 4.61. The molecule has 0 saturated carbocycles. The average molecular weight is 305 g/mol. The molecule has 0 aliphatic carbocycles. The molecule has 1 aliphatic rings. The number of rotatable bonds is 1. The van der Waals surface area contributed by atoms with E-state index in [9.17, 15) is 0 Å². The number of hydrogen-bond acceptors (Lipinski definition) is 2. The number of anilines is 1. The molecule has 3 rings (SSSR count). The molecule has 0 bridgehead atoms. The van der Waals surface area contributed by atoms with Crippen LogP contribution in [0, 0.1) is 6.92 Å². The van der Waals surface area contributed by atoms with E-state index >= 15 is 0 Å². The second-order valence-corrected chi connectivity index (χ2v) is 6.26. The molecular weight excluding hydrogens is 288 g/mol. The number of alkyl halides is 1. The van der Waals surface area contributed by atoms with E-state index in [4.69, 9.17) is 0 Å². The summed E-state index contributed by atoms with van der Waals surface area (Å²) in [6, 6.07) is 10.7. The summed E-state index contributed by atoms with van der Waals surface area (Å²) in [5, 5.41) is 1.27. The molecule has 0 unspecified atom stereocenters. The molecule has 0 N–H and O–H groups in total. The number of halogens is 1. The van der Waals surface area contributed by atoms with E-state index in [0.717, 1.165) is 24.3 Å². The third-order valence-electron chi connectivity index (χ3n) is 3.59. The number of aryl methyl sites for hydroxylation is 1. The molecule has 2 nitrogen and oxygen atoms in total. The largest absolute Gasteiger partial charge is 0.371 e. The summed E-state index contributed by atoms with van der Waals surface area (Å²) in [6.45, 7) is 4.33. The van der Waals surface area contributed by atoms with Crippen LogP contribution in [0.1, 0.15) is 18.5 Å². The molecule has 1 saturated heterocycles. The number of nitrogens with zero attached hydrogens (tertiary/aromatic N) is 2. The van der Waals surface area contributed by atoms with Crippen molar-refractivity contribution in [1.29, 1.82) is 0 Å². The molecule has 1 aliphatic heterocycles. The molecule has 1 fully saturated rings. The van der Waals surface area contributed by atoms with Gasteiger partial charge in [-0.15, -0.1) is 0 Å². The van der Waals surface area contributed by atoms with Crippen LogP contribution in [0.2, 0.25) is 0 Å². The maximum atomic E-state index is 4.61. The normalized spacial score (nSPS) is 17.3. The van der Waals surface area contributed by atoms with Crippen LogP contribution in [0.4, 0.5) is 5.69 Å². The fourth-order valence-electron chi connectivity index (χ4n) is 2.64. The van der Waals surface area contributed by atoms with Crippen LogP contribution < -0.4 is 4.90 Å². The zero-order chi connectivity index (χ0) is 12.5. The Labute approximate surface area is 116 Å². The lowest BCUT2D eigenvalue weighted by molar-refractivity contribution is 0.598. The third kappa shape index (κ3) is 2.24. The van der Waals surface area contributed by atoms with E-state index < -0.39 is 0 Å². The summed E-state index contributed by atoms with van der Waals surface area (Å²) >= 11 is 3.71. The Kier molecular flexibility index (Phi) is 3.25. The van der Waals surface area contributed by atoms with Crippen LogP contribution in [0.5, 0.6) is 0 Å². The van der Waals surface area contributed by atoms with Crippen molar-refractivity contribution in [2.45, 2.75) is 24.6 Å². The van der Waals surface area contributed by atoms with E-state index in [0.29, 0.717) is 4.83 Å². The van der Waals surface area contributed by atoms with Gasteiger partial charge in [0, 0.05) is 34.7 Å². The van der Waals surface area contributed by atoms with Gasteiger partial charge < -0.3 is 4.90 Å². The minimum absolute atomic E-state index is 0.683. The van der Waals surface area contributed by atoms with Crippen molar-refractivity contribution in [3.63, 3.8) is 0 Å². The minimum Gasteiger partial charge on any atom is -0.371 e. The lowest BCUT2D eigenvalue weighted by Crippen LogP contribution is -2.34. The highest BCUT2D eigenvalue weighted by molar-refractivity contribution is 9.09. The first-order valence-electron chi connectivity index (χ1n) is 6.49. The molecule has 0 radical (unpaired) electrons. The average Bonchev–Trinajstić information content (AvgIpc) is 2.38. The zero-order valence-electron chi connectivity index (χ0n) is 10.6. The van der Waals surface area contributed by atoms with Crippen LogP contribution in [0.25, 0.3) is 10.9 Å². The summed E-state index contributed by atoms with van der Waals surface area (Å²) < 4.78 is 0. The van der Waals surface area contributed by atoms with Gasteiger partial charge in [-0.1, -0.05) is 34.1 Å². The topological polar surface area (TPSA) is 16.1 Å². The highest BCUT2D eigenvalue weighted by Gasteiger charge is 2.19. The third-order valence-corrected chi connectivity index (χ3v) is 4.50. The number of aromatic nitrogens is 1. The molecule has 94 valence electrons. The van der Waals surface area contributed by atoms with Gasteiger partial charge in [-0.25, -0.2) is 0 Å². The Morgan fingerprint density at radius 2 is 1.94 bits per heavy atom. The first kappa shape index (κ1) is 12.0. The van der Waals surface area contributed by atoms with Gasteiger partial charge in [-0.3, -0.25) is 4.98 Å². The summed E-state index contributed by atoms with van der Waals surface area (Å²) in [4.78, 5) is 7.79. The van der Waals surface area contributed by atoms with Crippen molar-refractivity contribution in [3.05, 3.63) is 36.0 Å². The number of para-hydroxylation sites is 1. The second kappa shape index (κ2) is 4.88. The summed E-state index contributed by atoms with van der Waals surface area (Å²) in [5.74, 6) is 0. The summed E-state index contributed by atoms with van der Waals surface area (Å²) in [5.41, 5.74) is 3.55. The number of fused-ring (bicyclic) bond motifs is 1. The Balaban J connectivity index is 2.05. The van der Waals surface area contributed by atoms with E-state index in [2.05, 4.69) is 63.1 Å². The van der Waals surface area contributed by atoms with Crippen molar-refractivity contribution in [2.75, 3.05) is 18.0 Å². The van der Waals surface area contributed by atoms with Crippen molar-refractivity contribution < 1.29 is 0 Å². The molecule has 0 amide bonds. The molecule has 0 atom stereocenters. The second-order valence-electron chi connectivity index (χ2n) is 4.96. The molecule has 2 aromatic rings. The van der Waals surface area contributed by atoms with Gasteiger partial charge in [0.2, 0.25) is 0 Å². The molecule has 18 heavy (non-hydrogen) atoms. The maximum Gasteiger partial charge on any atom is 0.0726 e. The van der Waals surface area contributed by atoms with E-state index in [-0.39, 0.29) is 0 Å². The van der Waals surface area contributed by atoms with Crippen LogP contribution in [-0.4, -0.2) is 22.9 Å². The number of benzene rings is 1. The summed E-state index contributed by atoms with van der Waals surface area (Å²) in [6.07, 6.45) is 2.44. The van der Waals surface area contributed by atoms with Gasteiger partial charge >= 0.3 is 0 Å². The molecule has 1 aromatic heterocycles. The van der Waals surface area contributed by atoms with E-state index in [1.54, 1.807) is 0 Å². The Hall–Kier alpha value is -1.09. The molecule has 1 aromatic carbocycles. The lowest BCUT2D eigenvalue weighted by atomic mass is 10.1. The van der Waals surface area contributed by atoms with E-state index in [1.165, 1.54) is 23.9 Å². The highest BCUT2D eigenvalue weighted by Crippen LogP contribution is 2.30. The van der Waals surface area contributed by atoms with Crippen molar-refractivity contribution in [3.8, 4) is 0 Å². The Bertz CT molecular complexity index is 559. The van der Waals surface area contributed by atoms with Gasteiger partial charge in [0.05, 0.1) is 5.52 Å². The Morgan fingerprint density at radius 3 is 2.72 bits per heavy atom. The number of piperidine rings is 1. The number of hydrogen-bond donors (Lipinski definition) is 0. The minimum atomic E-state index is 0.683. The van der Waals surface area contributed by atoms with Crippen LogP contribution >= 0.6 is 15.9 Å². The first-order valence-corrected chi connectivity index (χ1v) is 7.41. The Morgan fingerprint density at radius 1 is 1.22 bits per heavy atom. The van der Waals surface area contributed by atoms with Crippen molar-refractivity contribution >= 4 is 32.5 Å². The molecule has 3 heteroatoms. The predicted octanol–water partition coefficient (Wildman–Crippen LogP) is 3.91. The van der Waals surface area contributed by atoms with Crippen molar-refractivity contribution in [1.82, 2.24) is 4.98 Å². The zero-order valence-corrected chi connectivity index (χ0v) is 12.2. The van der Waals surface area contributed by atoms with Gasteiger partial charge in [-0.05, 0) is 31.9 Å². The van der Waals surface area contributed by atoms with Gasteiger partial charge in [0.15, 0.2) is 0 Å². The van der Waals surface area contributed by atoms with Crippen LogP contribution in [-0.2, 0) is 0 Å². The van der Waals surface area contributed by atoms with Gasteiger partial charge in [-0.2, -0.15) is 0 Å². The van der Waals surface area contributed by atoms with Gasteiger partial charge in [0.25, 0.3) is 0 Å². The fraction of sp³-hybridized carbons (Fsp3) is 0.400. The van der Waals surface area contributed by atoms with Crippen LogP contribution in [0.15, 0.2) is 30.3 Å². The predicted molar refractivity (Wildman–Crippen MR) is 80.6 cm³/mol. The first-order chi connectivity index (χ1) is 8.74. The number of pyridine rings is 1.